The van der Waals surface area contributed by atoms with Crippen molar-refractivity contribution in [1.29, 1.82) is 0 Å². The lowest BCUT2D eigenvalue weighted by Gasteiger charge is -2.11. The fourth-order valence-corrected chi connectivity index (χ4v) is 1.69. The van der Waals surface area contributed by atoms with Crippen LogP contribution in [0.25, 0.3) is 0 Å². The molecule has 0 aliphatic heterocycles. The van der Waals surface area contributed by atoms with E-state index >= 15 is 0 Å². The largest absolute Gasteiger partial charge is 0.444 e. The van der Waals surface area contributed by atoms with Gasteiger partial charge in [-0.2, -0.15) is 0 Å². The van der Waals surface area contributed by atoms with Gasteiger partial charge in [0.25, 0.3) is 0 Å². The van der Waals surface area contributed by atoms with Crippen molar-refractivity contribution >= 4 is 21.7 Å². The third kappa shape index (κ3) is 2.85. The quantitative estimate of drug-likeness (QED) is 0.939. The molecule has 0 saturated heterocycles. The lowest BCUT2D eigenvalue weighted by molar-refractivity contribution is 0.453. The van der Waals surface area contributed by atoms with Gasteiger partial charge < -0.3 is 9.73 Å². The molecule has 2 heterocycles. The molecule has 0 aromatic carbocycles. The molecule has 2 aromatic rings. The Labute approximate surface area is 109 Å². The van der Waals surface area contributed by atoms with Gasteiger partial charge in [0.1, 0.15) is 17.6 Å². The Morgan fingerprint density at radius 2 is 2.06 bits per heavy atom. The van der Waals surface area contributed by atoms with Crippen LogP contribution in [-0.4, -0.2) is 9.97 Å². The molecular formula is C12H14BrN3O. The van der Waals surface area contributed by atoms with Crippen molar-refractivity contribution in [3.63, 3.8) is 0 Å². The molecule has 0 fully saturated rings. The van der Waals surface area contributed by atoms with E-state index in [1.54, 1.807) is 12.4 Å². The fourth-order valence-electron chi connectivity index (χ4n) is 1.47. The van der Waals surface area contributed by atoms with Crippen molar-refractivity contribution in [3.05, 3.63) is 40.1 Å². The number of nitrogens with one attached hydrogen (secondary N) is 1. The summed E-state index contributed by atoms with van der Waals surface area (Å²) in [7, 11) is 0. The summed E-state index contributed by atoms with van der Waals surface area (Å²) < 4.78 is 6.46. The fraction of sp³-hybridized carbons (Fsp3) is 0.333. The van der Waals surface area contributed by atoms with Crippen molar-refractivity contribution in [2.75, 3.05) is 5.32 Å². The maximum absolute atomic E-state index is 5.46. The van der Waals surface area contributed by atoms with Crippen molar-refractivity contribution in [2.24, 2.45) is 0 Å². The Hall–Kier alpha value is -1.36. The first-order chi connectivity index (χ1) is 8.06. The van der Waals surface area contributed by atoms with E-state index in [1.165, 1.54) is 0 Å². The van der Waals surface area contributed by atoms with Gasteiger partial charge in [-0.15, -0.1) is 0 Å². The summed E-state index contributed by atoms with van der Waals surface area (Å²) in [5, 5.41) is 3.25. The molecule has 0 aliphatic carbocycles. The summed E-state index contributed by atoms with van der Waals surface area (Å²) in [6.45, 7) is 5.90. The summed E-state index contributed by atoms with van der Waals surface area (Å²) in [4.78, 5) is 8.47. The first-order valence-electron chi connectivity index (χ1n) is 5.37. The molecule has 0 radical (unpaired) electrons. The van der Waals surface area contributed by atoms with Crippen LogP contribution in [-0.2, 0) is 0 Å². The van der Waals surface area contributed by atoms with Crippen molar-refractivity contribution in [3.8, 4) is 0 Å². The molecule has 17 heavy (non-hydrogen) atoms. The molecule has 1 unspecified atom stereocenters. The molecule has 2 rings (SSSR count). The number of pyridine rings is 1. The monoisotopic (exact) mass is 295 g/mol. The smallest absolute Gasteiger partial charge is 0.216 e. The zero-order valence-corrected chi connectivity index (χ0v) is 11.6. The summed E-state index contributed by atoms with van der Waals surface area (Å²) >= 11 is 3.42. The van der Waals surface area contributed by atoms with Gasteiger partial charge in [-0.05, 0) is 48.3 Å². The van der Waals surface area contributed by atoms with Crippen LogP contribution in [0.1, 0.15) is 30.2 Å². The van der Waals surface area contributed by atoms with E-state index < -0.39 is 0 Å². The molecule has 1 N–H and O–H groups in total. The first-order valence-corrected chi connectivity index (χ1v) is 6.16. The third-order valence-corrected chi connectivity index (χ3v) is 3.25. The normalized spacial score (nSPS) is 12.5. The summed E-state index contributed by atoms with van der Waals surface area (Å²) in [5.41, 5.74) is 1.14. The second kappa shape index (κ2) is 4.87. The lowest BCUT2D eigenvalue weighted by atomic mass is 10.3. The van der Waals surface area contributed by atoms with Gasteiger partial charge in [-0.25, -0.2) is 9.97 Å². The van der Waals surface area contributed by atoms with E-state index in [4.69, 9.17) is 4.42 Å². The van der Waals surface area contributed by atoms with Crippen molar-refractivity contribution < 1.29 is 4.42 Å². The Kier molecular flexibility index (Phi) is 3.47. The van der Waals surface area contributed by atoms with E-state index in [-0.39, 0.29) is 6.04 Å². The molecule has 0 bridgehead atoms. The molecule has 0 amide bonds. The summed E-state index contributed by atoms with van der Waals surface area (Å²) in [6.07, 6.45) is 3.50. The topological polar surface area (TPSA) is 51.0 Å². The minimum atomic E-state index is -0.00299. The number of nitrogens with zero attached hydrogens (tertiary/aromatic N) is 2. The molecule has 0 saturated carbocycles. The molecule has 2 aromatic heterocycles. The predicted octanol–water partition coefficient (Wildman–Crippen LogP) is 3.62. The number of aromatic nitrogens is 2. The van der Waals surface area contributed by atoms with E-state index in [0.717, 1.165) is 21.6 Å². The molecule has 4 nitrogen and oxygen atoms in total. The van der Waals surface area contributed by atoms with Crippen LogP contribution in [0.4, 0.5) is 5.82 Å². The molecule has 0 spiro atoms. The highest BCUT2D eigenvalue weighted by Gasteiger charge is 2.11. The lowest BCUT2D eigenvalue weighted by Crippen LogP contribution is -2.08. The molecule has 90 valence electrons. The Morgan fingerprint density at radius 3 is 2.65 bits per heavy atom. The van der Waals surface area contributed by atoms with Crippen LogP contribution in [0.15, 0.2) is 27.3 Å². The second-order valence-electron chi connectivity index (χ2n) is 3.99. The Bertz CT molecular complexity index is 524. The van der Waals surface area contributed by atoms with Crippen LogP contribution in [0.2, 0.25) is 0 Å². The highest BCUT2D eigenvalue weighted by Crippen LogP contribution is 2.21. The average molecular weight is 296 g/mol. The molecule has 0 aliphatic rings. The van der Waals surface area contributed by atoms with Crippen molar-refractivity contribution in [2.45, 2.75) is 26.8 Å². The van der Waals surface area contributed by atoms with Crippen LogP contribution < -0.4 is 5.32 Å². The minimum Gasteiger partial charge on any atom is -0.444 e. The zero-order valence-electron chi connectivity index (χ0n) is 9.99. The van der Waals surface area contributed by atoms with Gasteiger partial charge in [-0.3, -0.25) is 0 Å². The maximum atomic E-state index is 5.46. The number of aryl methyl sites for hydroxylation is 2. The average Bonchev–Trinajstić information content (AvgIpc) is 2.70. The molecule has 1 atom stereocenters. The summed E-state index contributed by atoms with van der Waals surface area (Å²) in [5.74, 6) is 2.30. The van der Waals surface area contributed by atoms with E-state index in [9.17, 15) is 0 Å². The van der Waals surface area contributed by atoms with Gasteiger partial charge in [0.15, 0.2) is 0 Å². The van der Waals surface area contributed by atoms with Gasteiger partial charge in [0.2, 0.25) is 5.89 Å². The minimum absolute atomic E-state index is 0.00299. The van der Waals surface area contributed by atoms with Crippen LogP contribution >= 0.6 is 15.9 Å². The van der Waals surface area contributed by atoms with E-state index in [2.05, 4.69) is 31.2 Å². The maximum Gasteiger partial charge on any atom is 0.216 e. The predicted molar refractivity (Wildman–Crippen MR) is 70.0 cm³/mol. The SMILES string of the molecule is Cc1cnc(C(C)Nc2cc(C)c(Br)cn2)o1. The first kappa shape index (κ1) is 12.1. The Morgan fingerprint density at radius 1 is 1.29 bits per heavy atom. The summed E-state index contributed by atoms with van der Waals surface area (Å²) in [6, 6.07) is 1.98. The highest BCUT2D eigenvalue weighted by atomic mass is 79.9. The van der Waals surface area contributed by atoms with E-state index in [1.807, 2.05) is 26.8 Å². The number of anilines is 1. The second-order valence-corrected chi connectivity index (χ2v) is 4.85. The standard InChI is InChI=1S/C12H14BrN3O/c1-7-4-11(14-6-10(7)13)16-9(3)12-15-5-8(2)17-12/h4-6,9H,1-3H3,(H,14,16). The molecular weight excluding hydrogens is 282 g/mol. The van der Waals surface area contributed by atoms with Gasteiger partial charge in [-0.1, -0.05) is 0 Å². The number of oxazole rings is 1. The zero-order chi connectivity index (χ0) is 12.4. The number of hydrogen-bond acceptors (Lipinski definition) is 4. The van der Waals surface area contributed by atoms with Crippen LogP contribution in [0, 0.1) is 13.8 Å². The van der Waals surface area contributed by atoms with Gasteiger partial charge >= 0.3 is 0 Å². The highest BCUT2D eigenvalue weighted by molar-refractivity contribution is 9.10. The Balaban J connectivity index is 2.12. The number of rotatable bonds is 3. The third-order valence-electron chi connectivity index (χ3n) is 2.42. The number of halogens is 1. The van der Waals surface area contributed by atoms with Crippen LogP contribution in [0.5, 0.6) is 0 Å². The van der Waals surface area contributed by atoms with Gasteiger partial charge in [0.05, 0.1) is 6.20 Å². The van der Waals surface area contributed by atoms with E-state index in [0.29, 0.717) is 5.89 Å². The van der Waals surface area contributed by atoms with Crippen LogP contribution in [0.3, 0.4) is 0 Å². The van der Waals surface area contributed by atoms with Crippen molar-refractivity contribution in [1.82, 2.24) is 9.97 Å². The van der Waals surface area contributed by atoms with Gasteiger partial charge in [0, 0.05) is 10.7 Å². The molecule has 5 heteroatoms. The number of hydrogen-bond donors (Lipinski definition) is 1.